The van der Waals surface area contributed by atoms with Crippen LogP contribution in [-0.2, 0) is 16.6 Å². The number of rotatable bonds is 5. The van der Waals surface area contributed by atoms with E-state index < -0.39 is 11.7 Å². The minimum Gasteiger partial charge on any atom is -0.342 e. The van der Waals surface area contributed by atoms with E-state index in [9.17, 15) is 9.59 Å². The Labute approximate surface area is 209 Å². The lowest BCUT2D eigenvalue weighted by atomic mass is 9.94. The maximum atomic E-state index is 15.4. The summed E-state index contributed by atoms with van der Waals surface area (Å²) in [4.78, 5) is 33.5. The molecular weight excluding hydrogens is 461 g/mol. The number of hydrogen-bond acceptors (Lipinski definition) is 6. The van der Waals surface area contributed by atoms with Crippen LogP contribution in [0, 0.1) is 11.7 Å². The highest BCUT2D eigenvalue weighted by atomic mass is 19.1. The molecule has 36 heavy (non-hydrogen) atoms. The van der Waals surface area contributed by atoms with E-state index in [-0.39, 0.29) is 29.1 Å². The molecule has 2 amide bonds. The highest BCUT2D eigenvalue weighted by molar-refractivity contribution is 5.93. The van der Waals surface area contributed by atoms with E-state index in [2.05, 4.69) is 25.8 Å². The number of carbonyl (C=O) groups is 2. The van der Waals surface area contributed by atoms with Gasteiger partial charge >= 0.3 is 0 Å². The Morgan fingerprint density at radius 2 is 1.92 bits per heavy atom. The minimum atomic E-state index is -0.443. The average Bonchev–Trinajstić information content (AvgIpc) is 3.59. The largest absolute Gasteiger partial charge is 0.342 e. The lowest BCUT2D eigenvalue weighted by molar-refractivity contribution is -0.117. The van der Waals surface area contributed by atoms with Crippen molar-refractivity contribution >= 4 is 17.6 Å². The molecule has 1 saturated carbocycles. The first kappa shape index (κ1) is 24.1. The molecule has 0 aliphatic heterocycles. The second-order valence-electron chi connectivity index (χ2n) is 10.7. The SMILES string of the molecule is CC(C)(C)c1nc(C(=O)N[C@@H]2CCCCc3cc(-c4ccnc(NC(=O)C5CC5)c4)c(F)cc32)no1. The molecule has 5 rings (SSSR count). The van der Waals surface area contributed by atoms with Crippen molar-refractivity contribution in [2.75, 3.05) is 5.32 Å². The van der Waals surface area contributed by atoms with Gasteiger partial charge in [0.15, 0.2) is 0 Å². The van der Waals surface area contributed by atoms with Crippen molar-refractivity contribution in [3.05, 3.63) is 59.1 Å². The van der Waals surface area contributed by atoms with Crippen LogP contribution >= 0.6 is 0 Å². The fourth-order valence-corrected chi connectivity index (χ4v) is 4.45. The van der Waals surface area contributed by atoms with Crippen LogP contribution in [0.25, 0.3) is 11.1 Å². The molecule has 2 N–H and O–H groups in total. The van der Waals surface area contributed by atoms with Gasteiger partial charge in [-0.05, 0) is 73.1 Å². The van der Waals surface area contributed by atoms with E-state index in [1.165, 1.54) is 6.07 Å². The second kappa shape index (κ2) is 9.44. The van der Waals surface area contributed by atoms with Crippen molar-refractivity contribution in [3.63, 3.8) is 0 Å². The Morgan fingerprint density at radius 1 is 1.11 bits per heavy atom. The molecule has 3 aromatic rings. The number of nitrogens with zero attached hydrogens (tertiary/aromatic N) is 3. The smallest absolute Gasteiger partial charge is 0.293 e. The molecule has 188 valence electrons. The summed E-state index contributed by atoms with van der Waals surface area (Å²) < 4.78 is 20.7. The molecule has 0 unspecified atom stereocenters. The second-order valence-corrected chi connectivity index (χ2v) is 10.7. The van der Waals surface area contributed by atoms with E-state index in [0.29, 0.717) is 29.3 Å². The van der Waals surface area contributed by atoms with E-state index in [0.717, 1.165) is 43.2 Å². The molecule has 0 bridgehead atoms. The highest BCUT2D eigenvalue weighted by Gasteiger charge is 2.30. The van der Waals surface area contributed by atoms with Crippen molar-refractivity contribution in [3.8, 4) is 11.1 Å². The predicted molar refractivity (Wildman–Crippen MR) is 132 cm³/mol. The number of aromatic nitrogens is 3. The van der Waals surface area contributed by atoms with Gasteiger partial charge < -0.3 is 15.2 Å². The van der Waals surface area contributed by atoms with Crippen molar-refractivity contribution in [1.82, 2.24) is 20.4 Å². The van der Waals surface area contributed by atoms with Crippen LogP contribution < -0.4 is 10.6 Å². The number of halogens is 1. The zero-order valence-electron chi connectivity index (χ0n) is 20.7. The van der Waals surface area contributed by atoms with Gasteiger partial charge in [0.1, 0.15) is 11.6 Å². The number of aryl methyl sites for hydroxylation is 1. The van der Waals surface area contributed by atoms with Gasteiger partial charge in [0, 0.05) is 23.1 Å². The first-order valence-electron chi connectivity index (χ1n) is 12.4. The zero-order chi connectivity index (χ0) is 25.4. The molecule has 9 heteroatoms. The maximum absolute atomic E-state index is 15.4. The predicted octanol–water partition coefficient (Wildman–Crippen LogP) is 5.11. The average molecular weight is 492 g/mol. The molecule has 2 aromatic heterocycles. The molecule has 1 atom stereocenters. The standard InChI is InChI=1S/C27H30FN5O3/c1-27(2,3)26-32-23(33-36-26)25(35)30-21-7-5-4-6-16-12-18(20(28)14-19(16)21)17-10-11-29-22(13-17)31-24(34)15-8-9-15/h10-15,21H,4-9H2,1-3H3,(H,30,35)(H,29,31,34)/t21-/m1/s1. The number of hydrogen-bond donors (Lipinski definition) is 2. The molecule has 0 radical (unpaired) electrons. The molecule has 1 aromatic carbocycles. The molecule has 1 fully saturated rings. The van der Waals surface area contributed by atoms with Gasteiger partial charge in [0.25, 0.3) is 11.7 Å². The third kappa shape index (κ3) is 5.15. The van der Waals surface area contributed by atoms with Gasteiger partial charge in [-0.15, -0.1) is 0 Å². The summed E-state index contributed by atoms with van der Waals surface area (Å²) in [5, 5.41) is 9.64. The Hall–Kier alpha value is -3.62. The molecule has 8 nitrogen and oxygen atoms in total. The first-order valence-corrected chi connectivity index (χ1v) is 12.4. The number of anilines is 1. The Bertz CT molecular complexity index is 1310. The summed E-state index contributed by atoms with van der Waals surface area (Å²) in [5.41, 5.74) is 2.46. The lowest BCUT2D eigenvalue weighted by Crippen LogP contribution is -2.30. The number of amides is 2. The fraction of sp³-hybridized carbons (Fsp3) is 0.444. The van der Waals surface area contributed by atoms with Crippen LogP contribution in [0.15, 0.2) is 35.0 Å². The zero-order valence-corrected chi connectivity index (χ0v) is 20.7. The number of fused-ring (bicyclic) bond motifs is 1. The number of carbonyl (C=O) groups excluding carboxylic acids is 2. The molecule has 2 heterocycles. The topological polar surface area (TPSA) is 110 Å². The Morgan fingerprint density at radius 3 is 2.64 bits per heavy atom. The highest BCUT2D eigenvalue weighted by Crippen LogP contribution is 2.35. The van der Waals surface area contributed by atoms with Crippen molar-refractivity contribution in [1.29, 1.82) is 0 Å². The summed E-state index contributed by atoms with van der Waals surface area (Å²) in [6.45, 7) is 5.78. The fourth-order valence-electron chi connectivity index (χ4n) is 4.45. The van der Waals surface area contributed by atoms with Crippen LogP contribution in [0.5, 0.6) is 0 Å². The van der Waals surface area contributed by atoms with Crippen molar-refractivity contribution < 1.29 is 18.5 Å². The Balaban J connectivity index is 1.39. The normalized spacial score (nSPS) is 17.7. The monoisotopic (exact) mass is 491 g/mol. The van der Waals surface area contributed by atoms with Crippen LogP contribution in [0.1, 0.15) is 86.6 Å². The number of benzene rings is 1. The summed E-state index contributed by atoms with van der Waals surface area (Å²) in [6, 6.07) is 6.44. The maximum Gasteiger partial charge on any atom is 0.293 e. The number of pyridine rings is 1. The van der Waals surface area contributed by atoms with Crippen LogP contribution in [-0.4, -0.2) is 26.9 Å². The van der Waals surface area contributed by atoms with Gasteiger partial charge in [-0.1, -0.05) is 32.3 Å². The summed E-state index contributed by atoms with van der Waals surface area (Å²) in [7, 11) is 0. The van der Waals surface area contributed by atoms with Gasteiger partial charge in [-0.2, -0.15) is 4.98 Å². The molecule has 2 aliphatic rings. The minimum absolute atomic E-state index is 0.0274. The molecule has 0 spiro atoms. The summed E-state index contributed by atoms with van der Waals surface area (Å²) in [5.74, 6) is -0.0539. The van der Waals surface area contributed by atoms with Crippen LogP contribution in [0.2, 0.25) is 0 Å². The quantitative estimate of drug-likeness (QED) is 0.480. The summed E-state index contributed by atoms with van der Waals surface area (Å²) >= 11 is 0. The van der Waals surface area contributed by atoms with Gasteiger partial charge in [0.2, 0.25) is 11.8 Å². The van der Waals surface area contributed by atoms with Crippen LogP contribution in [0.3, 0.4) is 0 Å². The Kier molecular flexibility index (Phi) is 6.32. The summed E-state index contributed by atoms with van der Waals surface area (Å²) in [6.07, 6.45) is 6.65. The van der Waals surface area contributed by atoms with Crippen molar-refractivity contribution in [2.24, 2.45) is 5.92 Å². The van der Waals surface area contributed by atoms with E-state index in [1.54, 1.807) is 18.3 Å². The van der Waals surface area contributed by atoms with E-state index in [1.807, 2.05) is 26.8 Å². The van der Waals surface area contributed by atoms with Crippen LogP contribution in [0.4, 0.5) is 10.2 Å². The third-order valence-corrected chi connectivity index (χ3v) is 6.64. The lowest BCUT2D eigenvalue weighted by Gasteiger charge is -2.20. The van der Waals surface area contributed by atoms with Gasteiger partial charge in [-0.3, -0.25) is 9.59 Å². The van der Waals surface area contributed by atoms with Gasteiger partial charge in [0.05, 0.1) is 6.04 Å². The van der Waals surface area contributed by atoms with E-state index >= 15 is 4.39 Å². The third-order valence-electron chi connectivity index (χ3n) is 6.64. The van der Waals surface area contributed by atoms with Crippen molar-refractivity contribution in [2.45, 2.75) is 70.8 Å². The van der Waals surface area contributed by atoms with E-state index in [4.69, 9.17) is 4.52 Å². The van der Waals surface area contributed by atoms with Gasteiger partial charge in [-0.25, -0.2) is 9.37 Å². The molecule has 0 saturated heterocycles. The molecular formula is C27H30FN5O3. The molecule has 2 aliphatic carbocycles. The number of nitrogens with one attached hydrogen (secondary N) is 2. The first-order chi connectivity index (χ1) is 17.2.